The summed E-state index contributed by atoms with van der Waals surface area (Å²) >= 11 is 7.50. The van der Waals surface area contributed by atoms with Crippen molar-refractivity contribution in [3.05, 3.63) is 28.2 Å². The highest BCUT2D eigenvalue weighted by Gasteiger charge is 2.11. The number of hydrogen-bond donors (Lipinski definition) is 1. The van der Waals surface area contributed by atoms with Crippen molar-refractivity contribution in [1.82, 2.24) is 0 Å². The van der Waals surface area contributed by atoms with Crippen LogP contribution in [0.5, 0.6) is 0 Å². The molecule has 0 atom stereocenters. The van der Waals surface area contributed by atoms with E-state index in [9.17, 15) is 4.79 Å². The number of hydrogen-bond acceptors (Lipinski definition) is 5. The van der Waals surface area contributed by atoms with Crippen LogP contribution in [-0.2, 0) is 14.2 Å². The average molecular weight is 349 g/mol. The van der Waals surface area contributed by atoms with E-state index in [0.29, 0.717) is 42.9 Å². The van der Waals surface area contributed by atoms with E-state index in [0.717, 1.165) is 4.90 Å². The topological polar surface area (TPSA) is 44.8 Å². The summed E-state index contributed by atoms with van der Waals surface area (Å²) in [6.07, 6.45) is 0.660. The third kappa shape index (κ3) is 6.42. The first-order valence-electron chi connectivity index (χ1n) is 5.87. The van der Waals surface area contributed by atoms with Gasteiger partial charge >= 0.3 is 5.97 Å². The maximum absolute atomic E-state index is 11.8. The molecule has 4 nitrogen and oxygen atoms in total. The summed E-state index contributed by atoms with van der Waals surface area (Å²) in [5, 5.41) is 0. The first-order chi connectivity index (χ1) is 9.15. The van der Waals surface area contributed by atoms with Crippen molar-refractivity contribution in [1.29, 1.82) is 0 Å². The van der Waals surface area contributed by atoms with Crippen LogP contribution in [0, 0.1) is 0 Å². The number of methoxy groups -OCH3 is 1. The standard InChI is InChI=1S/C13H17BrO4S/c1-16-7-8-17-5-2-6-18-13(15)11-9-10(19)3-4-12(11)14/h3-4,9,19H,2,5-8H2,1H3. The van der Waals surface area contributed by atoms with Gasteiger partial charge in [-0.2, -0.15) is 0 Å². The Hall–Kier alpha value is -0.560. The summed E-state index contributed by atoms with van der Waals surface area (Å²) in [6.45, 7) is 2.00. The molecule has 0 aliphatic heterocycles. The number of halogens is 1. The molecule has 0 radical (unpaired) electrons. The maximum Gasteiger partial charge on any atom is 0.339 e. The number of benzene rings is 1. The summed E-state index contributed by atoms with van der Waals surface area (Å²) in [5.74, 6) is -0.361. The van der Waals surface area contributed by atoms with Crippen molar-refractivity contribution in [3.63, 3.8) is 0 Å². The molecule has 19 heavy (non-hydrogen) atoms. The zero-order chi connectivity index (χ0) is 14.1. The molecule has 0 N–H and O–H groups in total. The zero-order valence-corrected chi connectivity index (χ0v) is 13.2. The van der Waals surface area contributed by atoms with Gasteiger partial charge in [-0.05, 0) is 34.1 Å². The minimum Gasteiger partial charge on any atom is -0.462 e. The Morgan fingerprint density at radius 1 is 1.26 bits per heavy atom. The minimum atomic E-state index is -0.361. The lowest BCUT2D eigenvalue weighted by molar-refractivity contribution is 0.0384. The Labute approximate surface area is 127 Å². The van der Waals surface area contributed by atoms with Crippen LogP contribution in [0.15, 0.2) is 27.6 Å². The molecule has 0 heterocycles. The van der Waals surface area contributed by atoms with E-state index in [1.165, 1.54) is 0 Å². The lowest BCUT2D eigenvalue weighted by Gasteiger charge is -2.07. The molecule has 0 unspecified atom stereocenters. The van der Waals surface area contributed by atoms with Gasteiger partial charge in [0.05, 0.1) is 25.4 Å². The first kappa shape index (κ1) is 16.5. The Morgan fingerprint density at radius 3 is 2.79 bits per heavy atom. The molecule has 1 aromatic carbocycles. The molecule has 6 heteroatoms. The van der Waals surface area contributed by atoms with Gasteiger partial charge in [0.1, 0.15) is 0 Å². The van der Waals surface area contributed by atoms with Gasteiger partial charge in [-0.1, -0.05) is 0 Å². The van der Waals surface area contributed by atoms with Gasteiger partial charge in [-0.25, -0.2) is 4.79 Å². The summed E-state index contributed by atoms with van der Waals surface area (Å²) in [6, 6.07) is 5.24. The summed E-state index contributed by atoms with van der Waals surface area (Å²) < 4.78 is 16.0. The molecule has 0 aliphatic carbocycles. The van der Waals surface area contributed by atoms with Crippen LogP contribution in [0.3, 0.4) is 0 Å². The lowest BCUT2D eigenvalue weighted by Crippen LogP contribution is -2.10. The molecular weight excluding hydrogens is 332 g/mol. The third-order valence-corrected chi connectivity index (χ3v) is 3.24. The molecule has 106 valence electrons. The van der Waals surface area contributed by atoms with Gasteiger partial charge in [-0.3, -0.25) is 0 Å². The van der Waals surface area contributed by atoms with Crippen molar-refractivity contribution < 1.29 is 19.0 Å². The monoisotopic (exact) mass is 348 g/mol. The molecular formula is C13H17BrO4S. The first-order valence-corrected chi connectivity index (χ1v) is 7.11. The van der Waals surface area contributed by atoms with E-state index in [1.807, 2.05) is 0 Å². The molecule has 1 rings (SSSR count). The van der Waals surface area contributed by atoms with E-state index < -0.39 is 0 Å². The Kier molecular flexibility index (Phi) is 8.13. The van der Waals surface area contributed by atoms with E-state index in [-0.39, 0.29) is 5.97 Å². The van der Waals surface area contributed by atoms with Crippen molar-refractivity contribution in [2.45, 2.75) is 11.3 Å². The Balaban J connectivity index is 2.26. The number of carbonyl (C=O) groups is 1. The smallest absolute Gasteiger partial charge is 0.339 e. The van der Waals surface area contributed by atoms with Crippen LogP contribution in [-0.4, -0.2) is 39.5 Å². The maximum atomic E-state index is 11.8. The van der Waals surface area contributed by atoms with Crippen molar-refractivity contribution >= 4 is 34.5 Å². The number of rotatable bonds is 8. The number of ether oxygens (including phenoxy) is 3. The van der Waals surface area contributed by atoms with E-state index in [2.05, 4.69) is 28.6 Å². The highest BCUT2D eigenvalue weighted by atomic mass is 79.9. The highest BCUT2D eigenvalue weighted by molar-refractivity contribution is 9.10. The molecule has 1 aromatic rings. The second kappa shape index (κ2) is 9.36. The zero-order valence-electron chi connectivity index (χ0n) is 10.7. The molecule has 0 spiro atoms. The van der Waals surface area contributed by atoms with Crippen LogP contribution >= 0.6 is 28.6 Å². The second-order valence-electron chi connectivity index (χ2n) is 3.76. The summed E-state index contributed by atoms with van der Waals surface area (Å²) in [7, 11) is 1.62. The molecule has 0 aliphatic rings. The molecule has 0 aromatic heterocycles. The SMILES string of the molecule is COCCOCCCOC(=O)c1cc(S)ccc1Br. The van der Waals surface area contributed by atoms with Crippen LogP contribution in [0.4, 0.5) is 0 Å². The minimum absolute atomic E-state index is 0.328. The molecule has 0 bridgehead atoms. The molecule has 0 fully saturated rings. The fourth-order valence-corrected chi connectivity index (χ4v) is 1.93. The quantitative estimate of drug-likeness (QED) is 0.445. The fourth-order valence-electron chi connectivity index (χ4n) is 1.32. The second-order valence-corrected chi connectivity index (χ2v) is 5.13. The number of esters is 1. The van der Waals surface area contributed by atoms with Crippen LogP contribution in [0.2, 0.25) is 0 Å². The van der Waals surface area contributed by atoms with Crippen molar-refractivity contribution in [2.24, 2.45) is 0 Å². The average Bonchev–Trinajstić information content (AvgIpc) is 2.40. The van der Waals surface area contributed by atoms with Gasteiger partial charge in [0.15, 0.2) is 0 Å². The van der Waals surface area contributed by atoms with Gasteiger partial charge in [-0.15, -0.1) is 12.6 Å². The van der Waals surface area contributed by atoms with E-state index >= 15 is 0 Å². The van der Waals surface area contributed by atoms with Gasteiger partial charge in [0.25, 0.3) is 0 Å². The predicted molar refractivity (Wildman–Crippen MR) is 79.0 cm³/mol. The highest BCUT2D eigenvalue weighted by Crippen LogP contribution is 2.21. The largest absolute Gasteiger partial charge is 0.462 e. The predicted octanol–water partition coefficient (Wildman–Crippen LogP) is 2.95. The lowest BCUT2D eigenvalue weighted by atomic mass is 10.2. The molecule has 0 saturated heterocycles. The van der Waals surface area contributed by atoms with Gasteiger partial charge in [0, 0.05) is 29.5 Å². The van der Waals surface area contributed by atoms with E-state index in [4.69, 9.17) is 14.2 Å². The van der Waals surface area contributed by atoms with Crippen LogP contribution < -0.4 is 0 Å². The van der Waals surface area contributed by atoms with Gasteiger partial charge < -0.3 is 14.2 Å². The van der Waals surface area contributed by atoms with Crippen LogP contribution in [0.1, 0.15) is 16.8 Å². The summed E-state index contributed by atoms with van der Waals surface area (Å²) in [4.78, 5) is 12.5. The Morgan fingerprint density at radius 2 is 2.05 bits per heavy atom. The molecule has 0 amide bonds. The third-order valence-electron chi connectivity index (χ3n) is 2.27. The number of carbonyl (C=O) groups excluding carboxylic acids is 1. The van der Waals surface area contributed by atoms with Crippen LogP contribution in [0.25, 0.3) is 0 Å². The molecule has 0 saturated carbocycles. The van der Waals surface area contributed by atoms with Crippen molar-refractivity contribution in [3.8, 4) is 0 Å². The normalized spacial score (nSPS) is 10.5. The van der Waals surface area contributed by atoms with E-state index in [1.54, 1.807) is 25.3 Å². The Bertz CT molecular complexity index is 412. The fraction of sp³-hybridized carbons (Fsp3) is 0.462. The summed E-state index contributed by atoms with van der Waals surface area (Å²) in [5.41, 5.74) is 0.479. The number of thiol groups is 1. The van der Waals surface area contributed by atoms with Crippen molar-refractivity contribution in [2.75, 3.05) is 33.5 Å². The van der Waals surface area contributed by atoms with Gasteiger partial charge in [0.2, 0.25) is 0 Å².